The fourth-order valence-corrected chi connectivity index (χ4v) is 6.94. The van der Waals surface area contributed by atoms with Crippen LogP contribution in [0.2, 0.25) is 0 Å². The number of benzene rings is 3. The minimum Gasteiger partial charge on any atom is -0.423 e. The third kappa shape index (κ3) is 6.93. The summed E-state index contributed by atoms with van der Waals surface area (Å²) in [5.74, 6) is -0.00412. The maximum atomic E-state index is 14.2. The highest BCUT2D eigenvalue weighted by Gasteiger charge is 2.32. The van der Waals surface area contributed by atoms with Gasteiger partial charge < -0.3 is 9.73 Å². The van der Waals surface area contributed by atoms with Crippen LogP contribution >= 0.6 is 0 Å². The normalized spacial score (nSPS) is 12.4. The highest BCUT2D eigenvalue weighted by atomic mass is 32.2. The van der Waals surface area contributed by atoms with Crippen LogP contribution in [0, 0.1) is 39.0 Å². The molecule has 3 aromatic carbocycles. The van der Waals surface area contributed by atoms with Crippen molar-refractivity contribution in [3.05, 3.63) is 128 Å². The Balaban J connectivity index is 1.39. The van der Waals surface area contributed by atoms with E-state index in [0.29, 0.717) is 27.9 Å². The second kappa shape index (κ2) is 13.9. The van der Waals surface area contributed by atoms with Gasteiger partial charge in [-0.1, -0.05) is 6.07 Å². The number of alkyl halides is 3. The molecule has 1 atom stereocenters. The quantitative estimate of drug-likeness (QED) is 0.170. The summed E-state index contributed by atoms with van der Waals surface area (Å²) in [5, 5.41) is 24.3. The van der Waals surface area contributed by atoms with Crippen molar-refractivity contribution in [3.8, 4) is 28.8 Å². The van der Waals surface area contributed by atoms with Gasteiger partial charge in [-0.3, -0.25) is 9.12 Å². The Hall–Kier alpha value is -6.32. The average Bonchev–Trinajstić information content (AvgIpc) is 3.85. The summed E-state index contributed by atoms with van der Waals surface area (Å²) in [6.45, 7) is 8.07. The lowest BCUT2D eigenvalue weighted by molar-refractivity contribution is -0.137. The average molecular weight is 761 g/mol. The number of nitrogens with one attached hydrogen (secondary N) is 1. The first-order chi connectivity index (χ1) is 25.4. The van der Waals surface area contributed by atoms with Crippen LogP contribution in [0.25, 0.3) is 22.8 Å². The Labute approximate surface area is 305 Å². The lowest BCUT2D eigenvalue weighted by Crippen LogP contribution is -2.38. The van der Waals surface area contributed by atoms with Crippen LogP contribution in [0.4, 0.5) is 18.0 Å². The number of halogens is 3. The molecule has 0 aliphatic heterocycles. The minimum atomic E-state index is -4.71. The smallest absolute Gasteiger partial charge is 0.416 e. The zero-order valence-corrected chi connectivity index (χ0v) is 30.1. The number of hydrogen-bond acceptors (Lipinski definition) is 9. The number of carbonyl (C=O) groups is 1. The summed E-state index contributed by atoms with van der Waals surface area (Å²) in [6.07, 6.45) is -3.30. The number of aromatic nitrogens is 6. The monoisotopic (exact) mass is 760 g/mol. The predicted octanol–water partition coefficient (Wildman–Crippen LogP) is 6.16. The summed E-state index contributed by atoms with van der Waals surface area (Å²) in [7, 11) is -4.52. The van der Waals surface area contributed by atoms with E-state index in [9.17, 15) is 41.0 Å². The molecular weight excluding hydrogens is 730 g/mol. The molecule has 6 rings (SSSR count). The third-order valence-electron chi connectivity index (χ3n) is 9.14. The van der Waals surface area contributed by atoms with Crippen LogP contribution in [0.1, 0.15) is 63.8 Å². The number of nitrogens with zero attached hydrogens (tertiary/aromatic N) is 7. The molecule has 1 amide bonds. The van der Waals surface area contributed by atoms with Gasteiger partial charge in [0.2, 0.25) is 11.8 Å². The van der Waals surface area contributed by atoms with Gasteiger partial charge in [0.15, 0.2) is 0 Å². The van der Waals surface area contributed by atoms with Gasteiger partial charge in [-0.25, -0.2) is 18.8 Å². The fraction of sp³-hybridized carbons (Fsp3) is 0.222. The summed E-state index contributed by atoms with van der Waals surface area (Å²) < 4.78 is 83.9. The maximum absolute atomic E-state index is 14.2. The van der Waals surface area contributed by atoms with Crippen molar-refractivity contribution in [2.45, 2.75) is 58.2 Å². The van der Waals surface area contributed by atoms with E-state index in [0.717, 1.165) is 32.9 Å². The summed E-state index contributed by atoms with van der Waals surface area (Å²) in [4.78, 5) is 28.0. The maximum Gasteiger partial charge on any atom is 0.416 e. The van der Waals surface area contributed by atoms with Gasteiger partial charge in [-0.15, -0.1) is 10.2 Å². The Morgan fingerprint density at radius 3 is 2.35 bits per heavy atom. The molecule has 2 N–H and O–H groups in total. The largest absolute Gasteiger partial charge is 0.423 e. The first kappa shape index (κ1) is 37.4. The number of carbonyl (C=O) groups excluding carboxylic acids is 1. The minimum absolute atomic E-state index is 0.00881. The molecule has 0 fully saturated rings. The molecule has 0 radical (unpaired) electrons. The molecule has 0 saturated heterocycles. The lowest BCUT2D eigenvalue weighted by Gasteiger charge is -2.14. The topological polar surface area (TPSA) is 191 Å². The molecule has 0 spiro atoms. The van der Waals surface area contributed by atoms with Crippen LogP contribution in [-0.2, 0) is 22.7 Å². The van der Waals surface area contributed by atoms with Crippen LogP contribution in [0.5, 0.6) is 0 Å². The first-order valence-corrected chi connectivity index (χ1v) is 17.6. The molecule has 6 aromatic rings. The van der Waals surface area contributed by atoms with Gasteiger partial charge in [-0.2, -0.15) is 31.9 Å². The van der Waals surface area contributed by atoms with Crippen LogP contribution in [0.3, 0.4) is 0 Å². The van der Waals surface area contributed by atoms with E-state index in [1.165, 1.54) is 42.9 Å². The number of hydrogen-bond donors (Lipinski definition) is 2. The number of nitriles is 1. The number of rotatable bonds is 8. The van der Waals surface area contributed by atoms with E-state index < -0.39 is 39.6 Å². The molecule has 0 aliphatic rings. The van der Waals surface area contributed by atoms with E-state index in [-0.39, 0.29) is 45.9 Å². The standard InChI is InChI=1S/C36H31F3N8O6S/c1-19-20(2)25(15-30(21(19)3)54(50,51)52)16-31-43-44-33(53-31)22(4)42-34(48)46-32(29-13-14-41-47(29)27-11-9-24(18-40)10-12-27)23(5)45(35(46)49)28-8-6-7-26(17-28)36(37,38)39/h6-15,17,22H,16H2,1-5H3,(H,42,48)(H,50,51,52). The predicted molar refractivity (Wildman–Crippen MR) is 187 cm³/mol. The van der Waals surface area contributed by atoms with Gasteiger partial charge >= 0.3 is 17.9 Å². The Morgan fingerprint density at radius 2 is 1.70 bits per heavy atom. The molecule has 3 heterocycles. The zero-order chi connectivity index (χ0) is 39.3. The van der Waals surface area contributed by atoms with E-state index in [1.54, 1.807) is 45.0 Å². The van der Waals surface area contributed by atoms with E-state index >= 15 is 0 Å². The van der Waals surface area contributed by atoms with Crippen molar-refractivity contribution in [3.63, 3.8) is 0 Å². The first-order valence-electron chi connectivity index (χ1n) is 16.2. The van der Waals surface area contributed by atoms with Gasteiger partial charge in [0, 0.05) is 0 Å². The molecule has 18 heteroatoms. The van der Waals surface area contributed by atoms with Gasteiger partial charge in [0.25, 0.3) is 10.1 Å². The molecular formula is C36H31F3N8O6S. The van der Waals surface area contributed by atoms with E-state index in [2.05, 4.69) is 20.6 Å². The van der Waals surface area contributed by atoms with Crippen molar-refractivity contribution in [2.75, 3.05) is 0 Å². The Bertz CT molecular complexity index is 2650. The number of amides is 1. The molecule has 14 nitrogen and oxygen atoms in total. The van der Waals surface area contributed by atoms with Crippen LogP contribution in [-0.4, -0.2) is 48.1 Å². The van der Waals surface area contributed by atoms with E-state index in [4.69, 9.17) is 4.42 Å². The SMILES string of the molecule is Cc1c(Cc2nnc(C(C)NC(=O)n3c(-c4ccnn4-c4ccc(C#N)cc4)c(C)n(-c4cccc(C(F)(F)F)c4)c3=O)o2)cc(S(=O)(=O)O)c(C)c1C. The van der Waals surface area contributed by atoms with Crippen molar-refractivity contribution in [1.82, 2.24) is 34.4 Å². The molecule has 54 heavy (non-hydrogen) atoms. The summed E-state index contributed by atoms with van der Waals surface area (Å²) in [5.41, 5.74) is 1.36. The van der Waals surface area contributed by atoms with Gasteiger partial charge in [0.05, 0.1) is 57.5 Å². The molecule has 0 bridgehead atoms. The zero-order valence-electron chi connectivity index (χ0n) is 29.3. The molecule has 0 aliphatic carbocycles. The highest BCUT2D eigenvalue weighted by Crippen LogP contribution is 2.32. The number of imidazole rings is 1. The van der Waals surface area contributed by atoms with Crippen molar-refractivity contribution < 1.29 is 35.4 Å². The summed E-state index contributed by atoms with van der Waals surface area (Å²) in [6, 6.07) is 13.3. The van der Waals surface area contributed by atoms with E-state index in [1.807, 2.05) is 6.07 Å². The molecule has 0 saturated carbocycles. The molecule has 1 unspecified atom stereocenters. The Kier molecular flexibility index (Phi) is 9.64. The van der Waals surface area contributed by atoms with Crippen molar-refractivity contribution >= 4 is 16.1 Å². The fourth-order valence-electron chi connectivity index (χ4n) is 6.11. The Morgan fingerprint density at radius 1 is 1.00 bits per heavy atom. The van der Waals surface area contributed by atoms with Crippen LogP contribution in [0.15, 0.2) is 81.0 Å². The van der Waals surface area contributed by atoms with Gasteiger partial charge in [0.1, 0.15) is 11.7 Å². The van der Waals surface area contributed by atoms with Gasteiger partial charge in [-0.05, 0) is 111 Å². The summed E-state index contributed by atoms with van der Waals surface area (Å²) >= 11 is 0. The highest BCUT2D eigenvalue weighted by molar-refractivity contribution is 7.85. The molecule has 3 aromatic heterocycles. The lowest BCUT2D eigenvalue weighted by atomic mass is 9.97. The third-order valence-corrected chi connectivity index (χ3v) is 10.1. The molecule has 278 valence electrons. The second-order valence-corrected chi connectivity index (χ2v) is 13.9. The van der Waals surface area contributed by atoms with Crippen molar-refractivity contribution in [1.29, 1.82) is 5.26 Å². The second-order valence-electron chi connectivity index (χ2n) is 12.5. The van der Waals surface area contributed by atoms with Crippen LogP contribution < -0.4 is 11.0 Å². The van der Waals surface area contributed by atoms with Crippen molar-refractivity contribution in [2.24, 2.45) is 0 Å².